The molecule has 0 bridgehead atoms. The van der Waals surface area contributed by atoms with Crippen LogP contribution in [0.15, 0.2) is 18.3 Å². The van der Waals surface area contributed by atoms with Crippen molar-refractivity contribution in [2.45, 2.75) is 32.9 Å². The van der Waals surface area contributed by atoms with Crippen LogP contribution in [0.5, 0.6) is 0 Å². The van der Waals surface area contributed by atoms with Gasteiger partial charge in [-0.3, -0.25) is 9.88 Å². The molecule has 1 fully saturated rings. The van der Waals surface area contributed by atoms with Gasteiger partial charge in [0.15, 0.2) is 0 Å². The summed E-state index contributed by atoms with van der Waals surface area (Å²) in [6, 6.07) is 4.15. The minimum Gasteiger partial charge on any atom is -0.385 e. The summed E-state index contributed by atoms with van der Waals surface area (Å²) in [5, 5.41) is 3.32. The van der Waals surface area contributed by atoms with Gasteiger partial charge in [-0.25, -0.2) is 0 Å². The third-order valence-corrected chi connectivity index (χ3v) is 3.26. The van der Waals surface area contributed by atoms with Crippen molar-refractivity contribution in [3.63, 3.8) is 0 Å². The van der Waals surface area contributed by atoms with Crippen molar-refractivity contribution in [3.8, 4) is 0 Å². The van der Waals surface area contributed by atoms with Crippen LogP contribution in [0.25, 0.3) is 0 Å². The molecule has 18 heavy (non-hydrogen) atoms. The molecule has 1 aliphatic rings. The van der Waals surface area contributed by atoms with Gasteiger partial charge in [-0.05, 0) is 25.5 Å². The molecule has 1 aromatic heterocycles. The number of hydrogen-bond acceptors (Lipinski definition) is 4. The quantitative estimate of drug-likeness (QED) is 0.867. The fraction of sp³-hybridized carbons (Fsp3) is 0.643. The molecule has 1 aromatic rings. The fourth-order valence-corrected chi connectivity index (χ4v) is 2.28. The van der Waals surface area contributed by atoms with Crippen LogP contribution >= 0.6 is 0 Å². The Morgan fingerprint density at radius 3 is 3.17 bits per heavy atom. The highest BCUT2D eigenvalue weighted by Crippen LogP contribution is 2.13. The van der Waals surface area contributed by atoms with E-state index in [1.807, 2.05) is 12.3 Å². The highest BCUT2D eigenvalue weighted by Gasteiger charge is 2.19. The maximum Gasteiger partial charge on any atom is 0.0700 e. The summed E-state index contributed by atoms with van der Waals surface area (Å²) in [5.41, 5.74) is 2.29. The zero-order chi connectivity index (χ0) is 12.8. The van der Waals surface area contributed by atoms with Gasteiger partial charge < -0.3 is 10.1 Å². The zero-order valence-electron chi connectivity index (χ0n) is 11.4. The van der Waals surface area contributed by atoms with E-state index >= 15 is 0 Å². The van der Waals surface area contributed by atoms with Gasteiger partial charge in [0.1, 0.15) is 0 Å². The second kappa shape index (κ2) is 6.71. The Kier molecular flexibility index (Phi) is 4.96. The molecule has 0 aliphatic carbocycles. The molecular formula is C14H23N3O. The molecule has 2 heterocycles. The average molecular weight is 249 g/mol. The van der Waals surface area contributed by atoms with Crippen molar-refractivity contribution in [2.24, 2.45) is 0 Å². The Morgan fingerprint density at radius 1 is 1.50 bits per heavy atom. The minimum absolute atomic E-state index is 0.385. The first-order valence-corrected chi connectivity index (χ1v) is 6.84. The first kappa shape index (κ1) is 13.3. The van der Waals surface area contributed by atoms with Gasteiger partial charge in [0.05, 0.1) is 18.4 Å². The van der Waals surface area contributed by atoms with Crippen LogP contribution in [0, 0.1) is 0 Å². The molecule has 4 heteroatoms. The molecule has 1 atom stereocenters. The zero-order valence-corrected chi connectivity index (χ0v) is 11.4. The van der Waals surface area contributed by atoms with Gasteiger partial charge in [-0.2, -0.15) is 0 Å². The second-order valence-electron chi connectivity index (χ2n) is 4.70. The lowest BCUT2D eigenvalue weighted by atomic mass is 10.2. The highest BCUT2D eigenvalue weighted by molar-refractivity contribution is 5.42. The first-order valence-electron chi connectivity index (χ1n) is 6.84. The van der Waals surface area contributed by atoms with Crippen molar-refractivity contribution >= 4 is 5.69 Å². The summed E-state index contributed by atoms with van der Waals surface area (Å²) in [5.74, 6) is 0. The number of ether oxygens (including phenoxy) is 1. The van der Waals surface area contributed by atoms with E-state index in [9.17, 15) is 0 Å². The fourth-order valence-electron chi connectivity index (χ4n) is 2.28. The van der Waals surface area contributed by atoms with Crippen molar-refractivity contribution in [1.29, 1.82) is 0 Å². The van der Waals surface area contributed by atoms with Gasteiger partial charge in [-0.15, -0.1) is 0 Å². The predicted molar refractivity (Wildman–Crippen MR) is 73.7 cm³/mol. The Morgan fingerprint density at radius 2 is 2.39 bits per heavy atom. The number of aromatic nitrogens is 1. The van der Waals surface area contributed by atoms with E-state index in [0.717, 1.165) is 50.6 Å². The molecule has 1 saturated heterocycles. The molecule has 0 saturated carbocycles. The molecule has 100 valence electrons. The maximum absolute atomic E-state index is 5.68. The molecule has 1 aliphatic heterocycles. The van der Waals surface area contributed by atoms with Crippen LogP contribution in [0.2, 0.25) is 0 Å². The van der Waals surface area contributed by atoms with Gasteiger partial charge in [0, 0.05) is 38.1 Å². The molecule has 0 radical (unpaired) electrons. The lowest BCUT2D eigenvalue weighted by Crippen LogP contribution is -2.41. The van der Waals surface area contributed by atoms with Crippen molar-refractivity contribution in [1.82, 2.24) is 9.88 Å². The molecule has 0 aromatic carbocycles. The van der Waals surface area contributed by atoms with Crippen LogP contribution in [-0.4, -0.2) is 42.2 Å². The van der Waals surface area contributed by atoms with E-state index in [2.05, 4.69) is 35.1 Å². The Labute approximate surface area is 109 Å². The van der Waals surface area contributed by atoms with Crippen LogP contribution in [0.1, 0.15) is 26.0 Å². The Balaban J connectivity index is 1.93. The minimum atomic E-state index is 0.385. The summed E-state index contributed by atoms with van der Waals surface area (Å²) < 4.78 is 5.68. The summed E-state index contributed by atoms with van der Waals surface area (Å²) in [6.07, 6.45) is 3.35. The van der Waals surface area contributed by atoms with E-state index in [1.165, 1.54) is 0 Å². The lowest BCUT2D eigenvalue weighted by molar-refractivity contribution is -0.0328. The summed E-state index contributed by atoms with van der Waals surface area (Å²) >= 11 is 0. The van der Waals surface area contributed by atoms with Crippen molar-refractivity contribution < 1.29 is 4.74 Å². The van der Waals surface area contributed by atoms with Crippen molar-refractivity contribution in [2.75, 3.05) is 31.6 Å². The topological polar surface area (TPSA) is 37.4 Å². The number of nitrogens with one attached hydrogen (secondary N) is 1. The molecular weight excluding hydrogens is 226 g/mol. The van der Waals surface area contributed by atoms with Gasteiger partial charge in [0.2, 0.25) is 0 Å². The summed E-state index contributed by atoms with van der Waals surface area (Å²) in [6.45, 7) is 9.00. The molecule has 1 N–H and O–H groups in total. The smallest absolute Gasteiger partial charge is 0.0700 e. The normalized spacial score (nSPS) is 20.9. The number of morpholine rings is 1. The Hall–Kier alpha value is -1.13. The first-order chi connectivity index (χ1) is 8.81. The summed E-state index contributed by atoms with van der Waals surface area (Å²) in [4.78, 5) is 6.87. The average Bonchev–Trinajstić information content (AvgIpc) is 2.40. The predicted octanol–water partition coefficient (Wildman–Crippen LogP) is 2.12. The third kappa shape index (κ3) is 3.68. The van der Waals surface area contributed by atoms with Crippen molar-refractivity contribution in [3.05, 3.63) is 24.0 Å². The largest absolute Gasteiger partial charge is 0.385 e. The second-order valence-corrected chi connectivity index (χ2v) is 4.70. The third-order valence-electron chi connectivity index (χ3n) is 3.26. The number of pyridine rings is 1. The monoisotopic (exact) mass is 249 g/mol. The number of anilines is 1. The lowest BCUT2D eigenvalue weighted by Gasteiger charge is -2.32. The van der Waals surface area contributed by atoms with E-state index in [4.69, 9.17) is 4.74 Å². The molecule has 4 nitrogen and oxygen atoms in total. The standard InChI is InChI=1S/C14H23N3O/c1-3-14-11-17(7-8-18-14)10-13-9-12(15-4-2)5-6-16-13/h5-6,9,14H,3-4,7-8,10-11H2,1-2H3,(H,15,16). The van der Waals surface area contributed by atoms with Crippen LogP contribution < -0.4 is 5.32 Å². The number of rotatable bonds is 5. The summed E-state index contributed by atoms with van der Waals surface area (Å²) in [7, 11) is 0. The highest BCUT2D eigenvalue weighted by atomic mass is 16.5. The van der Waals surface area contributed by atoms with Gasteiger partial charge in [-0.1, -0.05) is 6.92 Å². The molecule has 0 spiro atoms. The van der Waals surface area contributed by atoms with Crippen LogP contribution in [0.3, 0.4) is 0 Å². The maximum atomic E-state index is 5.68. The SMILES string of the molecule is CCNc1ccnc(CN2CCOC(CC)C2)c1. The van der Waals surface area contributed by atoms with Gasteiger partial charge >= 0.3 is 0 Å². The van der Waals surface area contributed by atoms with E-state index in [0.29, 0.717) is 6.10 Å². The molecule has 1 unspecified atom stereocenters. The number of hydrogen-bond donors (Lipinski definition) is 1. The molecule has 0 amide bonds. The van der Waals surface area contributed by atoms with Crippen LogP contribution in [0.4, 0.5) is 5.69 Å². The van der Waals surface area contributed by atoms with E-state index < -0.39 is 0 Å². The Bertz CT molecular complexity index is 370. The van der Waals surface area contributed by atoms with Crippen LogP contribution in [-0.2, 0) is 11.3 Å². The van der Waals surface area contributed by atoms with E-state index in [-0.39, 0.29) is 0 Å². The molecule has 2 rings (SSSR count). The van der Waals surface area contributed by atoms with Gasteiger partial charge in [0.25, 0.3) is 0 Å². The number of nitrogens with zero attached hydrogens (tertiary/aromatic N) is 2. The van der Waals surface area contributed by atoms with E-state index in [1.54, 1.807) is 0 Å².